The molecule has 2 aromatic heterocycles. The molecule has 2 heterocycles. The highest BCUT2D eigenvalue weighted by molar-refractivity contribution is 8.01. The van der Waals surface area contributed by atoms with Gasteiger partial charge in [0.25, 0.3) is 0 Å². The Bertz CT molecular complexity index is 1010. The molecule has 4 rings (SSSR count). The van der Waals surface area contributed by atoms with E-state index in [1.165, 1.54) is 29.4 Å². The van der Waals surface area contributed by atoms with E-state index >= 15 is 0 Å². The number of nitrogens with zero attached hydrogens (tertiary/aromatic N) is 3. The van der Waals surface area contributed by atoms with Crippen LogP contribution in [0.25, 0.3) is 0 Å². The Balaban J connectivity index is 1.43. The summed E-state index contributed by atoms with van der Waals surface area (Å²) in [4.78, 5) is 33.7. The predicted octanol–water partition coefficient (Wildman–Crippen LogP) is 4.74. The highest BCUT2D eigenvalue weighted by Crippen LogP contribution is 2.33. The Morgan fingerprint density at radius 1 is 1.21 bits per heavy atom. The number of thiazole rings is 1. The number of aromatic nitrogens is 4. The fourth-order valence-corrected chi connectivity index (χ4v) is 5.01. The number of nitrogens with one attached hydrogen (secondary N) is 3. The molecular weight excluding hydrogens is 408 g/mol. The highest BCUT2D eigenvalue weighted by atomic mass is 32.2. The lowest BCUT2D eigenvalue weighted by atomic mass is 9.94. The van der Waals surface area contributed by atoms with Crippen LogP contribution in [0.2, 0.25) is 0 Å². The van der Waals surface area contributed by atoms with Crippen molar-refractivity contribution in [3.8, 4) is 0 Å². The van der Waals surface area contributed by atoms with E-state index in [1.54, 1.807) is 12.3 Å². The smallest absolute Gasteiger partial charge is 0.307 e. The molecule has 0 bridgehead atoms. The normalized spacial score (nSPS) is 14.1. The first-order valence-corrected chi connectivity index (χ1v) is 10.9. The van der Waals surface area contributed by atoms with Crippen LogP contribution >= 0.6 is 23.1 Å². The van der Waals surface area contributed by atoms with Crippen LogP contribution in [0.3, 0.4) is 0 Å². The lowest BCUT2D eigenvalue weighted by Gasteiger charge is -2.14. The SMILES string of the molecule is Cc1ccc(NC(=O)Nc2ncc(Sc3ncn[nH]3)s2)c(C(=O)C2CCCC2)c1. The molecular formula is C19H20N6O2S2. The van der Waals surface area contributed by atoms with Crippen molar-refractivity contribution >= 4 is 45.7 Å². The van der Waals surface area contributed by atoms with Gasteiger partial charge >= 0.3 is 6.03 Å². The molecule has 150 valence electrons. The fourth-order valence-electron chi connectivity index (χ4n) is 3.33. The third-order valence-corrected chi connectivity index (χ3v) is 6.61. The summed E-state index contributed by atoms with van der Waals surface area (Å²) in [5, 5.41) is 13.2. The first-order valence-electron chi connectivity index (χ1n) is 9.30. The first-order chi connectivity index (χ1) is 14.1. The van der Waals surface area contributed by atoms with Gasteiger partial charge in [0.1, 0.15) is 6.33 Å². The number of urea groups is 1. The van der Waals surface area contributed by atoms with Crippen molar-refractivity contribution in [2.75, 3.05) is 10.6 Å². The molecule has 3 N–H and O–H groups in total. The van der Waals surface area contributed by atoms with Crippen LogP contribution in [-0.2, 0) is 0 Å². The summed E-state index contributed by atoms with van der Waals surface area (Å²) in [6, 6.07) is 5.09. The topological polar surface area (TPSA) is 113 Å². The molecule has 1 aromatic carbocycles. The van der Waals surface area contributed by atoms with E-state index in [-0.39, 0.29) is 11.7 Å². The molecule has 2 amide bonds. The molecule has 1 fully saturated rings. The minimum absolute atomic E-state index is 0.0510. The predicted molar refractivity (Wildman–Crippen MR) is 113 cm³/mol. The van der Waals surface area contributed by atoms with Gasteiger partial charge in [0, 0.05) is 11.5 Å². The van der Waals surface area contributed by atoms with E-state index in [1.807, 2.05) is 19.1 Å². The maximum Gasteiger partial charge on any atom is 0.325 e. The van der Waals surface area contributed by atoms with Crippen molar-refractivity contribution in [2.45, 2.75) is 42.0 Å². The Kier molecular flexibility index (Phi) is 5.91. The van der Waals surface area contributed by atoms with E-state index in [0.717, 1.165) is 35.5 Å². The molecule has 0 atom stereocenters. The molecule has 3 aromatic rings. The van der Waals surface area contributed by atoms with E-state index in [9.17, 15) is 9.59 Å². The van der Waals surface area contributed by atoms with E-state index in [0.29, 0.717) is 21.5 Å². The Hall–Kier alpha value is -2.72. The fraction of sp³-hybridized carbons (Fsp3) is 0.316. The van der Waals surface area contributed by atoms with Crippen LogP contribution in [0.5, 0.6) is 0 Å². The number of ketones is 1. The molecule has 8 nitrogen and oxygen atoms in total. The average Bonchev–Trinajstić information content (AvgIpc) is 3.46. The number of carbonyl (C=O) groups is 2. The van der Waals surface area contributed by atoms with Gasteiger partial charge in [-0.3, -0.25) is 15.2 Å². The second-order valence-electron chi connectivity index (χ2n) is 6.85. The Labute approximate surface area is 175 Å². The molecule has 0 unspecified atom stereocenters. The number of anilines is 2. The number of aromatic amines is 1. The molecule has 10 heteroatoms. The van der Waals surface area contributed by atoms with E-state index < -0.39 is 6.03 Å². The lowest BCUT2D eigenvalue weighted by Crippen LogP contribution is -2.22. The zero-order valence-electron chi connectivity index (χ0n) is 15.8. The summed E-state index contributed by atoms with van der Waals surface area (Å²) in [7, 11) is 0. The van der Waals surface area contributed by atoms with Crippen LogP contribution in [0, 0.1) is 12.8 Å². The van der Waals surface area contributed by atoms with Crippen LogP contribution in [0.15, 0.2) is 40.1 Å². The van der Waals surface area contributed by atoms with E-state index in [4.69, 9.17) is 0 Å². The first kappa shape index (κ1) is 19.6. The number of H-pyrrole nitrogens is 1. The second-order valence-corrected chi connectivity index (χ2v) is 9.17. The second kappa shape index (κ2) is 8.75. The van der Waals surface area contributed by atoms with E-state index in [2.05, 4.69) is 30.8 Å². The average molecular weight is 429 g/mol. The number of hydrogen-bond donors (Lipinski definition) is 3. The molecule has 29 heavy (non-hydrogen) atoms. The molecule has 0 radical (unpaired) electrons. The number of aryl methyl sites for hydroxylation is 1. The molecule has 0 aliphatic heterocycles. The summed E-state index contributed by atoms with van der Waals surface area (Å²) in [5.74, 6) is 0.163. The molecule has 1 aliphatic carbocycles. The number of Topliss-reactive ketones (excluding diaryl/α,β-unsaturated/α-hetero) is 1. The standard InChI is InChI=1S/C19H20N6O2S2/c1-11-6-7-14(13(8-11)16(26)12-4-2-3-5-12)23-17(27)24-18-20-9-15(28-18)29-19-21-10-22-25-19/h6-10,12H,2-5H2,1H3,(H,21,22,25)(H2,20,23,24,27). The third-order valence-electron chi connectivity index (χ3n) is 4.71. The molecule has 0 saturated heterocycles. The number of carbonyl (C=O) groups excluding carboxylic acids is 2. The minimum Gasteiger partial charge on any atom is -0.307 e. The summed E-state index contributed by atoms with van der Waals surface area (Å²) in [6.45, 7) is 1.94. The van der Waals surface area contributed by atoms with Gasteiger partial charge < -0.3 is 5.32 Å². The zero-order valence-corrected chi connectivity index (χ0v) is 17.4. The maximum absolute atomic E-state index is 12.9. The van der Waals surface area contributed by atoms with Crippen LogP contribution in [0.4, 0.5) is 15.6 Å². The number of rotatable bonds is 6. The van der Waals surface area contributed by atoms with Crippen molar-refractivity contribution in [1.82, 2.24) is 20.2 Å². The molecule has 0 spiro atoms. The largest absolute Gasteiger partial charge is 0.325 e. The van der Waals surface area contributed by atoms with Crippen molar-refractivity contribution in [1.29, 1.82) is 0 Å². The van der Waals surface area contributed by atoms with Gasteiger partial charge in [-0.05, 0) is 43.7 Å². The highest BCUT2D eigenvalue weighted by Gasteiger charge is 2.26. The monoisotopic (exact) mass is 428 g/mol. The maximum atomic E-state index is 12.9. The van der Waals surface area contributed by atoms with Gasteiger partial charge in [-0.2, -0.15) is 5.10 Å². The number of hydrogen-bond acceptors (Lipinski definition) is 7. The lowest BCUT2D eigenvalue weighted by molar-refractivity contribution is 0.0923. The molecule has 1 saturated carbocycles. The summed E-state index contributed by atoms with van der Waals surface area (Å²) in [6.07, 6.45) is 7.11. The van der Waals surface area contributed by atoms with Crippen LogP contribution in [0.1, 0.15) is 41.6 Å². The Morgan fingerprint density at radius 2 is 2.03 bits per heavy atom. The minimum atomic E-state index is -0.431. The summed E-state index contributed by atoms with van der Waals surface area (Å²) in [5.41, 5.74) is 2.09. The number of amides is 2. The molecule has 1 aliphatic rings. The number of benzene rings is 1. The van der Waals surface area contributed by atoms with Gasteiger partial charge in [0.05, 0.1) is 16.1 Å². The van der Waals surface area contributed by atoms with Gasteiger partial charge in [-0.25, -0.2) is 14.8 Å². The third kappa shape index (κ3) is 4.83. The van der Waals surface area contributed by atoms with Crippen molar-refractivity contribution < 1.29 is 9.59 Å². The van der Waals surface area contributed by atoms with Crippen LogP contribution < -0.4 is 10.6 Å². The van der Waals surface area contributed by atoms with Gasteiger partial charge in [0.2, 0.25) is 0 Å². The van der Waals surface area contributed by atoms with Gasteiger partial charge in [-0.1, -0.05) is 35.8 Å². The zero-order chi connectivity index (χ0) is 20.2. The van der Waals surface area contributed by atoms with Crippen molar-refractivity contribution in [3.05, 3.63) is 41.9 Å². The summed E-state index contributed by atoms with van der Waals surface area (Å²) >= 11 is 2.71. The quantitative estimate of drug-likeness (QED) is 0.489. The van der Waals surface area contributed by atoms with Crippen molar-refractivity contribution in [3.63, 3.8) is 0 Å². The van der Waals surface area contributed by atoms with Gasteiger partial charge in [-0.15, -0.1) is 0 Å². The Morgan fingerprint density at radius 3 is 2.79 bits per heavy atom. The van der Waals surface area contributed by atoms with Gasteiger partial charge in [0.15, 0.2) is 16.1 Å². The van der Waals surface area contributed by atoms with Crippen LogP contribution in [-0.4, -0.2) is 32.0 Å². The summed E-state index contributed by atoms with van der Waals surface area (Å²) < 4.78 is 0.865. The van der Waals surface area contributed by atoms with Crippen molar-refractivity contribution in [2.24, 2.45) is 5.92 Å².